The van der Waals surface area contributed by atoms with Crippen molar-refractivity contribution in [2.24, 2.45) is 0 Å². The van der Waals surface area contributed by atoms with Gasteiger partial charge in [-0.1, -0.05) is 36.4 Å². The molecule has 35 heavy (non-hydrogen) atoms. The molecule has 2 heterocycles. The average Bonchev–Trinajstić information content (AvgIpc) is 3.16. The van der Waals surface area contributed by atoms with Crippen LogP contribution >= 0.6 is 11.6 Å². The van der Waals surface area contributed by atoms with Crippen LogP contribution in [0.3, 0.4) is 0 Å². The van der Waals surface area contributed by atoms with E-state index in [9.17, 15) is 9.59 Å². The number of imidazole rings is 1. The number of hydrogen-bond acceptors (Lipinski definition) is 4. The fourth-order valence-corrected chi connectivity index (χ4v) is 3.99. The molecule has 8 heteroatoms. The summed E-state index contributed by atoms with van der Waals surface area (Å²) in [6, 6.07) is 23.1. The molecule has 172 valence electrons. The highest BCUT2D eigenvalue weighted by Crippen LogP contribution is 2.27. The molecule has 0 fully saturated rings. The van der Waals surface area contributed by atoms with E-state index < -0.39 is 0 Å². The Morgan fingerprint density at radius 2 is 1.60 bits per heavy atom. The van der Waals surface area contributed by atoms with Crippen LogP contribution in [0.1, 0.15) is 0 Å². The Morgan fingerprint density at radius 1 is 0.914 bits per heavy atom. The second-order valence-corrected chi connectivity index (χ2v) is 8.05. The zero-order valence-electron chi connectivity index (χ0n) is 18.4. The second-order valence-electron chi connectivity index (χ2n) is 7.62. The number of pyridine rings is 1. The normalized spacial score (nSPS) is 10.8. The molecular weight excluding hydrogens is 464 g/mol. The number of ether oxygens (including phenoxy) is 1. The van der Waals surface area contributed by atoms with Crippen LogP contribution in [0, 0.1) is 0 Å². The van der Waals surface area contributed by atoms with E-state index in [1.54, 1.807) is 88.3 Å². The molecule has 5 aromatic rings. The second kappa shape index (κ2) is 9.32. The van der Waals surface area contributed by atoms with Crippen molar-refractivity contribution in [2.75, 3.05) is 5.32 Å². The summed E-state index contributed by atoms with van der Waals surface area (Å²) in [6.45, 7) is 3.47. The van der Waals surface area contributed by atoms with Crippen LogP contribution in [0.2, 0.25) is 5.02 Å². The summed E-state index contributed by atoms with van der Waals surface area (Å²) >= 11 is 6.07. The third-order valence-corrected chi connectivity index (χ3v) is 5.54. The Bertz CT molecular complexity index is 1640. The molecule has 1 N–H and O–H groups in total. The first-order chi connectivity index (χ1) is 17.0. The molecular formula is C27H19ClN4O3. The van der Waals surface area contributed by atoms with E-state index in [-0.39, 0.29) is 11.6 Å². The maximum Gasteiger partial charge on any atom is 0.338 e. The quantitative estimate of drug-likeness (QED) is 0.313. The van der Waals surface area contributed by atoms with Gasteiger partial charge in [-0.15, -0.1) is 0 Å². The molecule has 0 aliphatic heterocycles. The fraction of sp³-hybridized carbons (Fsp3) is 0. The number of carbonyl (C=O) groups is 1. The lowest BCUT2D eigenvalue weighted by Crippen LogP contribution is -2.22. The predicted octanol–water partition coefficient (Wildman–Crippen LogP) is 5.75. The van der Waals surface area contributed by atoms with Crippen molar-refractivity contribution in [2.45, 2.75) is 0 Å². The molecule has 0 atom stereocenters. The predicted molar refractivity (Wildman–Crippen MR) is 137 cm³/mol. The van der Waals surface area contributed by atoms with Gasteiger partial charge in [0.15, 0.2) is 0 Å². The van der Waals surface area contributed by atoms with Crippen LogP contribution < -0.4 is 15.7 Å². The van der Waals surface area contributed by atoms with Gasteiger partial charge in [0.1, 0.15) is 11.5 Å². The van der Waals surface area contributed by atoms with Crippen LogP contribution in [0.25, 0.3) is 22.4 Å². The summed E-state index contributed by atoms with van der Waals surface area (Å²) in [7, 11) is 0. The van der Waals surface area contributed by atoms with Gasteiger partial charge in [-0.05, 0) is 60.7 Å². The summed E-state index contributed by atoms with van der Waals surface area (Å²) in [5, 5.41) is 3.29. The molecule has 0 saturated heterocycles. The van der Waals surface area contributed by atoms with E-state index in [1.165, 1.54) is 6.08 Å². The van der Waals surface area contributed by atoms with Crippen molar-refractivity contribution < 1.29 is 9.53 Å². The fourth-order valence-electron chi connectivity index (χ4n) is 3.81. The summed E-state index contributed by atoms with van der Waals surface area (Å²) in [5.41, 5.74) is 2.75. The third kappa shape index (κ3) is 4.45. The van der Waals surface area contributed by atoms with Crippen molar-refractivity contribution in [1.29, 1.82) is 0 Å². The molecule has 0 unspecified atom stereocenters. The minimum Gasteiger partial charge on any atom is -0.457 e. The van der Waals surface area contributed by atoms with Crippen molar-refractivity contribution >= 4 is 34.2 Å². The Balaban J connectivity index is 1.62. The van der Waals surface area contributed by atoms with Crippen LogP contribution in [0.5, 0.6) is 11.5 Å². The number of rotatable bonds is 6. The Kier molecular flexibility index (Phi) is 5.91. The highest BCUT2D eigenvalue weighted by atomic mass is 35.5. The minimum atomic E-state index is -0.336. The molecule has 3 aromatic carbocycles. The Hall–Kier alpha value is -4.62. The van der Waals surface area contributed by atoms with Crippen molar-refractivity contribution in [3.63, 3.8) is 0 Å². The summed E-state index contributed by atoms with van der Waals surface area (Å²) in [6.07, 6.45) is 4.46. The minimum absolute atomic E-state index is 0.292. The number of carbonyl (C=O) groups excluding carboxylic acids is 1. The molecule has 0 aliphatic carbocycles. The van der Waals surface area contributed by atoms with Crippen LogP contribution in [-0.2, 0) is 4.79 Å². The highest BCUT2D eigenvalue weighted by Gasteiger charge is 2.17. The van der Waals surface area contributed by atoms with Gasteiger partial charge >= 0.3 is 5.69 Å². The third-order valence-electron chi connectivity index (χ3n) is 5.31. The van der Waals surface area contributed by atoms with E-state index in [4.69, 9.17) is 16.3 Å². The molecule has 0 radical (unpaired) electrons. The SMILES string of the molecule is C=CC(=O)Nc1cccc(-n2c(=O)n(-c3cccc(Oc4cccc(Cl)c4)c3)c3cnccc32)c1. The van der Waals surface area contributed by atoms with E-state index in [2.05, 4.69) is 16.9 Å². The maximum absolute atomic E-state index is 13.7. The summed E-state index contributed by atoms with van der Waals surface area (Å²) in [5.74, 6) is 0.803. The Labute approximate surface area is 205 Å². The van der Waals surface area contributed by atoms with Gasteiger partial charge in [0, 0.05) is 23.0 Å². The average molecular weight is 483 g/mol. The number of hydrogen-bond donors (Lipinski definition) is 1. The zero-order chi connectivity index (χ0) is 24.4. The van der Waals surface area contributed by atoms with E-state index in [0.717, 1.165) is 0 Å². The van der Waals surface area contributed by atoms with Gasteiger partial charge in [0.05, 0.1) is 28.6 Å². The first-order valence-corrected chi connectivity index (χ1v) is 11.1. The lowest BCUT2D eigenvalue weighted by Gasteiger charge is -2.09. The Morgan fingerprint density at radius 3 is 2.37 bits per heavy atom. The molecule has 0 saturated carbocycles. The smallest absolute Gasteiger partial charge is 0.338 e. The van der Waals surface area contributed by atoms with Gasteiger partial charge in [0.2, 0.25) is 5.91 Å². The highest BCUT2D eigenvalue weighted by molar-refractivity contribution is 6.30. The van der Waals surface area contributed by atoms with Gasteiger partial charge in [-0.3, -0.25) is 18.9 Å². The van der Waals surface area contributed by atoms with E-state index >= 15 is 0 Å². The standard InChI is InChI=1S/C27H19ClN4O3/c1-2-26(33)30-19-7-4-8-20(15-19)31-24-12-13-29-17-25(24)32(27(31)34)21-9-5-11-23(16-21)35-22-10-3-6-18(28)14-22/h2-17H,1H2,(H,30,33). The maximum atomic E-state index is 13.7. The van der Waals surface area contributed by atoms with Gasteiger partial charge in [-0.2, -0.15) is 0 Å². The van der Waals surface area contributed by atoms with Gasteiger partial charge < -0.3 is 10.1 Å². The number of amides is 1. The zero-order valence-corrected chi connectivity index (χ0v) is 19.1. The van der Waals surface area contributed by atoms with Crippen LogP contribution in [0.15, 0.2) is 109 Å². The number of nitrogens with one attached hydrogen (secondary N) is 1. The molecule has 0 aliphatic rings. The number of fused-ring (bicyclic) bond motifs is 1. The van der Waals surface area contributed by atoms with Crippen molar-refractivity contribution in [3.05, 3.63) is 119 Å². The molecule has 5 rings (SSSR count). The molecule has 0 spiro atoms. The molecule has 1 amide bonds. The molecule has 0 bridgehead atoms. The monoisotopic (exact) mass is 482 g/mol. The lowest BCUT2D eigenvalue weighted by atomic mass is 10.2. The number of nitrogens with zero attached hydrogens (tertiary/aromatic N) is 3. The summed E-state index contributed by atoms with van der Waals surface area (Å²) < 4.78 is 9.10. The molecule has 7 nitrogen and oxygen atoms in total. The summed E-state index contributed by atoms with van der Waals surface area (Å²) in [4.78, 5) is 29.7. The lowest BCUT2D eigenvalue weighted by molar-refractivity contribution is -0.111. The first-order valence-electron chi connectivity index (χ1n) is 10.7. The van der Waals surface area contributed by atoms with Crippen LogP contribution in [0.4, 0.5) is 5.69 Å². The van der Waals surface area contributed by atoms with Crippen molar-refractivity contribution in [1.82, 2.24) is 14.1 Å². The van der Waals surface area contributed by atoms with Gasteiger partial charge in [-0.25, -0.2) is 4.79 Å². The van der Waals surface area contributed by atoms with Crippen LogP contribution in [-0.4, -0.2) is 20.0 Å². The number of halogens is 1. The van der Waals surface area contributed by atoms with E-state index in [1.807, 2.05) is 12.1 Å². The number of benzene rings is 3. The topological polar surface area (TPSA) is 78.2 Å². The van der Waals surface area contributed by atoms with Gasteiger partial charge in [0.25, 0.3) is 0 Å². The number of aromatic nitrogens is 3. The van der Waals surface area contributed by atoms with E-state index in [0.29, 0.717) is 44.6 Å². The van der Waals surface area contributed by atoms with Crippen molar-refractivity contribution in [3.8, 4) is 22.9 Å². The molecule has 2 aromatic heterocycles. The number of anilines is 1. The first kappa shape index (κ1) is 22.2. The largest absolute Gasteiger partial charge is 0.457 e.